The van der Waals surface area contributed by atoms with Gasteiger partial charge in [-0.05, 0) is 61.7 Å². The minimum Gasteiger partial charge on any atom is -0.426 e. The monoisotopic (exact) mass is 377 g/mol. The molecule has 1 aliphatic rings. The molecule has 0 radical (unpaired) electrons. The van der Waals surface area contributed by atoms with Crippen LogP contribution in [0.15, 0.2) is 48.5 Å². The molecule has 0 unspecified atom stereocenters. The second-order valence-electron chi connectivity index (χ2n) is 7.98. The Morgan fingerprint density at radius 2 is 1.79 bits per heavy atom. The molecule has 2 aromatic carbocycles. The van der Waals surface area contributed by atoms with Crippen molar-refractivity contribution >= 4 is 11.0 Å². The van der Waals surface area contributed by atoms with Crippen LogP contribution in [0.5, 0.6) is 11.8 Å². The Morgan fingerprint density at radius 1 is 1.00 bits per heavy atom. The van der Waals surface area contributed by atoms with Crippen LogP contribution in [-0.4, -0.2) is 22.6 Å². The summed E-state index contributed by atoms with van der Waals surface area (Å²) in [5.41, 5.74) is 3.37. The molecule has 148 valence electrons. The first kappa shape index (κ1) is 19.0. The van der Waals surface area contributed by atoms with Crippen molar-refractivity contribution < 1.29 is 4.74 Å². The number of aromatic nitrogens is 2. The maximum absolute atomic E-state index is 6.00. The highest BCUT2D eigenvalue weighted by Crippen LogP contribution is 2.26. The smallest absolute Gasteiger partial charge is 0.302 e. The third-order valence-electron chi connectivity index (χ3n) is 5.92. The van der Waals surface area contributed by atoms with Gasteiger partial charge in [0.15, 0.2) is 0 Å². The quantitative estimate of drug-likeness (QED) is 0.529. The number of imidazole rings is 1. The zero-order chi connectivity index (χ0) is 19.2. The lowest BCUT2D eigenvalue weighted by molar-refractivity contribution is 0.334. The highest BCUT2D eigenvalue weighted by Gasteiger charge is 2.12. The molecule has 4 rings (SSSR count). The molecule has 4 nitrogen and oxygen atoms in total. The van der Waals surface area contributed by atoms with Crippen LogP contribution in [0.2, 0.25) is 0 Å². The maximum atomic E-state index is 6.00. The van der Waals surface area contributed by atoms with Crippen molar-refractivity contribution in [2.75, 3.05) is 13.1 Å². The van der Waals surface area contributed by atoms with Crippen LogP contribution in [0.4, 0.5) is 0 Å². The topological polar surface area (TPSA) is 39.1 Å². The highest BCUT2D eigenvalue weighted by molar-refractivity contribution is 5.76. The molecule has 1 heterocycles. The van der Waals surface area contributed by atoms with Gasteiger partial charge in [-0.3, -0.25) is 4.57 Å². The zero-order valence-corrected chi connectivity index (χ0v) is 16.9. The SMILES string of the molecule is Cn1c(Oc2ccc(CCNCCC3CCCCC3)cc2)nc2ccccc21. The number of aryl methyl sites for hydroxylation is 1. The summed E-state index contributed by atoms with van der Waals surface area (Å²) in [4.78, 5) is 4.57. The molecular weight excluding hydrogens is 346 g/mol. The second-order valence-corrected chi connectivity index (χ2v) is 7.98. The number of para-hydroxylation sites is 2. The van der Waals surface area contributed by atoms with Gasteiger partial charge in [0.1, 0.15) is 5.75 Å². The Kier molecular flexibility index (Phi) is 6.27. The molecule has 1 saturated carbocycles. The number of benzene rings is 2. The number of nitrogens with one attached hydrogen (secondary N) is 1. The van der Waals surface area contributed by atoms with Crippen LogP contribution in [0.25, 0.3) is 11.0 Å². The molecule has 1 N–H and O–H groups in total. The molecule has 4 heteroatoms. The van der Waals surface area contributed by atoms with E-state index < -0.39 is 0 Å². The van der Waals surface area contributed by atoms with Crippen molar-refractivity contribution in [1.82, 2.24) is 14.9 Å². The van der Waals surface area contributed by atoms with Gasteiger partial charge in [-0.15, -0.1) is 0 Å². The zero-order valence-electron chi connectivity index (χ0n) is 16.9. The van der Waals surface area contributed by atoms with Gasteiger partial charge in [-0.25, -0.2) is 0 Å². The predicted octanol–water partition coefficient (Wildman–Crippen LogP) is 5.47. The summed E-state index contributed by atoms with van der Waals surface area (Å²) in [5, 5.41) is 3.61. The van der Waals surface area contributed by atoms with E-state index in [0.29, 0.717) is 6.01 Å². The molecule has 0 atom stereocenters. The van der Waals surface area contributed by atoms with Crippen molar-refractivity contribution in [1.29, 1.82) is 0 Å². The van der Waals surface area contributed by atoms with Gasteiger partial charge in [0.25, 0.3) is 0 Å². The van der Waals surface area contributed by atoms with Crippen LogP contribution in [0, 0.1) is 5.92 Å². The first-order valence-electron chi connectivity index (χ1n) is 10.7. The summed E-state index contributed by atoms with van der Waals surface area (Å²) in [7, 11) is 1.98. The average Bonchev–Trinajstić information content (AvgIpc) is 3.05. The Labute approximate surface area is 167 Å². The van der Waals surface area contributed by atoms with Gasteiger partial charge >= 0.3 is 6.01 Å². The van der Waals surface area contributed by atoms with E-state index >= 15 is 0 Å². The van der Waals surface area contributed by atoms with Crippen LogP contribution in [0.3, 0.4) is 0 Å². The Hall–Kier alpha value is -2.33. The fraction of sp³-hybridized carbons (Fsp3) is 0.458. The normalized spacial score (nSPS) is 15.2. The van der Waals surface area contributed by atoms with E-state index in [4.69, 9.17) is 4.74 Å². The largest absolute Gasteiger partial charge is 0.426 e. The molecule has 0 amide bonds. The number of hydrogen-bond acceptors (Lipinski definition) is 3. The summed E-state index contributed by atoms with van der Waals surface area (Å²) in [6.45, 7) is 2.19. The first-order chi connectivity index (χ1) is 13.8. The molecule has 0 saturated heterocycles. The minimum absolute atomic E-state index is 0.623. The van der Waals surface area contributed by atoms with Gasteiger partial charge in [0.2, 0.25) is 0 Å². The summed E-state index contributed by atoms with van der Waals surface area (Å²) in [6, 6.07) is 17.1. The maximum Gasteiger partial charge on any atom is 0.302 e. The van der Waals surface area contributed by atoms with E-state index in [2.05, 4.69) is 28.5 Å². The van der Waals surface area contributed by atoms with E-state index in [0.717, 1.165) is 42.2 Å². The molecule has 0 spiro atoms. The summed E-state index contributed by atoms with van der Waals surface area (Å²) in [5.74, 6) is 1.79. The molecule has 3 aromatic rings. The van der Waals surface area contributed by atoms with E-state index in [1.54, 1.807) is 0 Å². The molecule has 0 bridgehead atoms. The number of fused-ring (bicyclic) bond motifs is 1. The van der Waals surface area contributed by atoms with Crippen molar-refractivity contribution in [2.24, 2.45) is 13.0 Å². The third kappa shape index (κ3) is 4.74. The van der Waals surface area contributed by atoms with Crippen LogP contribution in [0.1, 0.15) is 44.1 Å². The summed E-state index contributed by atoms with van der Waals surface area (Å²) in [6.07, 6.45) is 9.59. The number of rotatable bonds is 8. The fourth-order valence-electron chi connectivity index (χ4n) is 4.18. The lowest BCUT2D eigenvalue weighted by Gasteiger charge is -2.21. The number of ether oxygens (including phenoxy) is 1. The molecule has 28 heavy (non-hydrogen) atoms. The highest BCUT2D eigenvalue weighted by atomic mass is 16.5. The molecule has 1 aliphatic carbocycles. The average molecular weight is 378 g/mol. The minimum atomic E-state index is 0.623. The van der Waals surface area contributed by atoms with Crippen molar-refractivity contribution in [3.05, 3.63) is 54.1 Å². The third-order valence-corrected chi connectivity index (χ3v) is 5.92. The lowest BCUT2D eigenvalue weighted by atomic mass is 9.87. The lowest BCUT2D eigenvalue weighted by Crippen LogP contribution is -2.21. The Morgan fingerprint density at radius 3 is 2.57 bits per heavy atom. The molecule has 1 fully saturated rings. The van der Waals surface area contributed by atoms with Gasteiger partial charge < -0.3 is 10.1 Å². The standard InChI is InChI=1S/C24H31N3O/c1-27-23-10-6-5-9-22(23)26-24(27)28-21-13-11-20(12-14-21)16-18-25-17-15-19-7-3-2-4-8-19/h5-6,9-14,19,25H,2-4,7-8,15-18H2,1H3. The van der Waals surface area contributed by atoms with E-state index in [9.17, 15) is 0 Å². The molecule has 0 aliphatic heterocycles. The van der Waals surface area contributed by atoms with E-state index in [1.807, 2.05) is 41.9 Å². The van der Waals surface area contributed by atoms with Crippen molar-refractivity contribution in [3.8, 4) is 11.8 Å². The Balaban J connectivity index is 1.24. The van der Waals surface area contributed by atoms with Crippen LogP contribution >= 0.6 is 0 Å². The molecular formula is C24H31N3O. The van der Waals surface area contributed by atoms with Gasteiger partial charge in [-0.1, -0.05) is 56.4 Å². The molecule has 1 aromatic heterocycles. The van der Waals surface area contributed by atoms with E-state index in [-0.39, 0.29) is 0 Å². The van der Waals surface area contributed by atoms with Gasteiger partial charge in [0.05, 0.1) is 11.0 Å². The summed E-state index contributed by atoms with van der Waals surface area (Å²) >= 11 is 0. The van der Waals surface area contributed by atoms with Crippen molar-refractivity contribution in [3.63, 3.8) is 0 Å². The predicted molar refractivity (Wildman–Crippen MR) is 115 cm³/mol. The second kappa shape index (κ2) is 9.24. The fourth-order valence-corrected chi connectivity index (χ4v) is 4.18. The Bertz CT molecular complexity index is 879. The van der Waals surface area contributed by atoms with Gasteiger partial charge in [-0.2, -0.15) is 4.98 Å². The van der Waals surface area contributed by atoms with Gasteiger partial charge in [0, 0.05) is 7.05 Å². The number of hydrogen-bond donors (Lipinski definition) is 1. The summed E-state index contributed by atoms with van der Waals surface area (Å²) < 4.78 is 7.98. The van der Waals surface area contributed by atoms with E-state index in [1.165, 1.54) is 44.1 Å². The van der Waals surface area contributed by atoms with Crippen LogP contribution < -0.4 is 10.1 Å². The van der Waals surface area contributed by atoms with Crippen LogP contribution in [-0.2, 0) is 13.5 Å². The van der Waals surface area contributed by atoms with Crippen molar-refractivity contribution in [2.45, 2.75) is 44.9 Å². The number of nitrogens with zero attached hydrogens (tertiary/aromatic N) is 2. The first-order valence-corrected chi connectivity index (χ1v) is 10.7.